The normalized spacial score (nSPS) is 19.1. The average Bonchev–Trinajstić information content (AvgIpc) is 2.89. The Morgan fingerprint density at radius 2 is 2.10 bits per heavy atom. The van der Waals surface area contributed by atoms with Gasteiger partial charge in [-0.3, -0.25) is 14.3 Å². The highest BCUT2D eigenvalue weighted by molar-refractivity contribution is 5.78. The minimum Gasteiger partial charge on any atom is -0.492 e. The highest BCUT2D eigenvalue weighted by atomic mass is 16.5. The smallest absolute Gasteiger partial charge is 0.345 e. The second kappa shape index (κ2) is 9.65. The molecular formula is C22H32N6O3. The fourth-order valence-electron chi connectivity index (χ4n) is 4.20. The molecule has 168 valence electrons. The Hall–Kier alpha value is -2.65. The quantitative estimate of drug-likeness (QED) is 0.714. The molecule has 1 aromatic carbocycles. The second-order valence-electron chi connectivity index (χ2n) is 8.64. The Balaban J connectivity index is 1.30. The number of nitrogens with one attached hydrogen (secondary N) is 1. The third-order valence-electron chi connectivity index (χ3n) is 5.94. The van der Waals surface area contributed by atoms with Crippen LogP contribution in [0.1, 0.15) is 24.2 Å². The number of aromatic nitrogens is 3. The zero-order chi connectivity index (χ0) is 21.8. The van der Waals surface area contributed by atoms with Crippen LogP contribution in [0.2, 0.25) is 0 Å². The average molecular weight is 429 g/mol. The van der Waals surface area contributed by atoms with Crippen LogP contribution in [0, 0.1) is 0 Å². The van der Waals surface area contributed by atoms with E-state index in [9.17, 15) is 9.59 Å². The van der Waals surface area contributed by atoms with E-state index in [4.69, 9.17) is 4.74 Å². The van der Waals surface area contributed by atoms with Crippen molar-refractivity contribution in [2.45, 2.75) is 44.9 Å². The number of aryl methyl sites for hydroxylation is 1. The zero-order valence-electron chi connectivity index (χ0n) is 18.4. The van der Waals surface area contributed by atoms with Gasteiger partial charge in [0, 0.05) is 44.2 Å². The topological polar surface area (TPSA) is 84.6 Å². The summed E-state index contributed by atoms with van der Waals surface area (Å²) in [7, 11) is 3.97. The molecule has 1 aromatic heterocycles. The summed E-state index contributed by atoms with van der Waals surface area (Å²) in [6, 6.07) is 8.04. The Morgan fingerprint density at radius 3 is 2.94 bits per heavy atom. The molecule has 31 heavy (non-hydrogen) atoms. The van der Waals surface area contributed by atoms with E-state index in [1.807, 2.05) is 43.3 Å². The standard InChI is InChI=1S/C22H32N6O3/c1-25(2)11-12-28-22(30)27-10-9-18(7-8-20(27)24-28)23-21(29)16-26-13-14-31-19-6-4-3-5-17(19)15-26/h3-6,18H,7-16H2,1-2H3,(H,23,29). The van der Waals surface area contributed by atoms with Crippen molar-refractivity contribution >= 4 is 5.91 Å². The number of hydrogen-bond donors (Lipinski definition) is 1. The predicted molar refractivity (Wildman–Crippen MR) is 117 cm³/mol. The van der Waals surface area contributed by atoms with Gasteiger partial charge in [0.25, 0.3) is 0 Å². The fraction of sp³-hybridized carbons (Fsp3) is 0.591. The summed E-state index contributed by atoms with van der Waals surface area (Å²) in [4.78, 5) is 29.5. The molecular weight excluding hydrogens is 396 g/mol. The monoisotopic (exact) mass is 428 g/mol. The number of carbonyl (C=O) groups is 1. The number of carbonyl (C=O) groups excluding carboxylic acids is 1. The van der Waals surface area contributed by atoms with Gasteiger partial charge in [0.05, 0.1) is 13.1 Å². The van der Waals surface area contributed by atoms with Gasteiger partial charge in [0.2, 0.25) is 5.91 Å². The van der Waals surface area contributed by atoms with Crippen LogP contribution in [0.15, 0.2) is 29.1 Å². The van der Waals surface area contributed by atoms with E-state index in [-0.39, 0.29) is 17.6 Å². The number of rotatable bonds is 6. The van der Waals surface area contributed by atoms with Gasteiger partial charge in [0.15, 0.2) is 0 Å². The zero-order valence-corrected chi connectivity index (χ0v) is 18.4. The summed E-state index contributed by atoms with van der Waals surface area (Å²) in [6.45, 7) is 4.30. The molecule has 0 bridgehead atoms. The van der Waals surface area contributed by atoms with Crippen LogP contribution in [0.4, 0.5) is 0 Å². The van der Waals surface area contributed by atoms with Gasteiger partial charge < -0.3 is 15.0 Å². The first-order valence-electron chi connectivity index (χ1n) is 11.0. The van der Waals surface area contributed by atoms with Gasteiger partial charge >= 0.3 is 5.69 Å². The highest BCUT2D eigenvalue weighted by Gasteiger charge is 2.23. The van der Waals surface area contributed by atoms with Crippen molar-refractivity contribution in [1.82, 2.24) is 29.5 Å². The maximum atomic E-state index is 12.7. The molecule has 3 heterocycles. The minimum absolute atomic E-state index is 0.0207. The van der Waals surface area contributed by atoms with E-state index in [2.05, 4.69) is 15.3 Å². The Morgan fingerprint density at radius 1 is 1.26 bits per heavy atom. The first kappa shape index (κ1) is 21.6. The van der Waals surface area contributed by atoms with E-state index in [0.29, 0.717) is 45.8 Å². The van der Waals surface area contributed by atoms with E-state index in [1.165, 1.54) is 0 Å². The van der Waals surface area contributed by atoms with E-state index in [1.54, 1.807) is 9.25 Å². The van der Waals surface area contributed by atoms with Gasteiger partial charge in [-0.05, 0) is 33.0 Å². The molecule has 0 saturated carbocycles. The van der Waals surface area contributed by atoms with Crippen molar-refractivity contribution in [3.63, 3.8) is 0 Å². The molecule has 1 atom stereocenters. The third kappa shape index (κ3) is 5.34. The maximum Gasteiger partial charge on any atom is 0.345 e. The first-order valence-corrected chi connectivity index (χ1v) is 11.0. The molecule has 9 heteroatoms. The van der Waals surface area contributed by atoms with Crippen LogP contribution in [-0.2, 0) is 30.8 Å². The van der Waals surface area contributed by atoms with Crippen LogP contribution in [0.5, 0.6) is 5.75 Å². The van der Waals surface area contributed by atoms with E-state index in [0.717, 1.165) is 36.5 Å². The van der Waals surface area contributed by atoms with Crippen molar-refractivity contribution in [3.05, 3.63) is 46.1 Å². The number of ether oxygens (including phenoxy) is 1. The predicted octanol–water partition coefficient (Wildman–Crippen LogP) is 0.322. The molecule has 1 amide bonds. The molecule has 2 aliphatic heterocycles. The lowest BCUT2D eigenvalue weighted by Crippen LogP contribution is -2.43. The summed E-state index contributed by atoms with van der Waals surface area (Å²) in [6.07, 6.45) is 2.23. The molecule has 0 saturated heterocycles. The van der Waals surface area contributed by atoms with Crippen LogP contribution < -0.4 is 15.7 Å². The molecule has 1 N–H and O–H groups in total. The minimum atomic E-state index is -0.0490. The van der Waals surface area contributed by atoms with Crippen molar-refractivity contribution in [2.24, 2.45) is 0 Å². The van der Waals surface area contributed by atoms with Gasteiger partial charge in [-0.15, -0.1) is 0 Å². The third-order valence-corrected chi connectivity index (χ3v) is 5.94. The fourth-order valence-corrected chi connectivity index (χ4v) is 4.20. The van der Waals surface area contributed by atoms with Gasteiger partial charge in [-0.1, -0.05) is 18.2 Å². The van der Waals surface area contributed by atoms with Gasteiger partial charge in [-0.25, -0.2) is 9.48 Å². The summed E-state index contributed by atoms with van der Waals surface area (Å²) < 4.78 is 9.12. The second-order valence-corrected chi connectivity index (χ2v) is 8.64. The van der Waals surface area contributed by atoms with Crippen molar-refractivity contribution < 1.29 is 9.53 Å². The molecule has 0 aliphatic carbocycles. The van der Waals surface area contributed by atoms with E-state index < -0.39 is 0 Å². The molecule has 9 nitrogen and oxygen atoms in total. The van der Waals surface area contributed by atoms with Gasteiger partial charge in [-0.2, -0.15) is 5.10 Å². The largest absolute Gasteiger partial charge is 0.492 e. The molecule has 2 aliphatic rings. The number of nitrogens with zero attached hydrogens (tertiary/aromatic N) is 5. The molecule has 0 spiro atoms. The molecule has 1 unspecified atom stereocenters. The summed E-state index contributed by atoms with van der Waals surface area (Å²) in [5.74, 6) is 1.74. The number of likely N-dealkylation sites (N-methyl/N-ethyl adjacent to an activating group) is 1. The number of benzene rings is 1. The Kier molecular flexibility index (Phi) is 6.72. The number of amides is 1. The number of para-hydroxylation sites is 1. The van der Waals surface area contributed by atoms with Crippen molar-refractivity contribution in [2.75, 3.05) is 40.3 Å². The van der Waals surface area contributed by atoms with Crippen molar-refractivity contribution in [3.8, 4) is 5.75 Å². The SMILES string of the molecule is CN(C)CCn1nc2n(c1=O)CCC(NC(=O)CN1CCOc3ccccc3C1)CC2. The highest BCUT2D eigenvalue weighted by Crippen LogP contribution is 2.22. The van der Waals surface area contributed by atoms with Gasteiger partial charge in [0.1, 0.15) is 18.2 Å². The molecule has 0 radical (unpaired) electrons. The summed E-state index contributed by atoms with van der Waals surface area (Å²) >= 11 is 0. The lowest BCUT2D eigenvalue weighted by atomic mass is 10.1. The Labute approximate surface area is 182 Å². The lowest BCUT2D eigenvalue weighted by Gasteiger charge is -2.21. The van der Waals surface area contributed by atoms with Crippen LogP contribution in [0.25, 0.3) is 0 Å². The molecule has 2 aromatic rings. The maximum absolute atomic E-state index is 12.7. The number of hydrogen-bond acceptors (Lipinski definition) is 6. The van der Waals surface area contributed by atoms with E-state index >= 15 is 0 Å². The lowest BCUT2D eigenvalue weighted by molar-refractivity contribution is -0.123. The van der Waals surface area contributed by atoms with Crippen LogP contribution in [0.3, 0.4) is 0 Å². The molecule has 0 fully saturated rings. The first-order chi connectivity index (χ1) is 15.0. The molecule has 4 rings (SSSR count). The summed E-state index contributed by atoms with van der Waals surface area (Å²) in [5.41, 5.74) is 1.06. The Bertz CT molecular complexity index is 966. The van der Waals surface area contributed by atoms with Crippen molar-refractivity contribution in [1.29, 1.82) is 0 Å². The summed E-state index contributed by atoms with van der Waals surface area (Å²) in [5, 5.41) is 7.70. The van der Waals surface area contributed by atoms with Crippen LogP contribution >= 0.6 is 0 Å². The number of fused-ring (bicyclic) bond motifs is 2. The van der Waals surface area contributed by atoms with Crippen LogP contribution in [-0.4, -0.2) is 76.4 Å².